The Hall–Kier alpha value is -2.87. The Balaban J connectivity index is 1.13. The molecule has 0 saturated heterocycles. The summed E-state index contributed by atoms with van der Waals surface area (Å²) in [7, 11) is 0. The van der Waals surface area contributed by atoms with E-state index in [1.54, 1.807) is 22.2 Å². The van der Waals surface area contributed by atoms with Crippen LogP contribution >= 0.6 is 11.3 Å². The molecule has 1 aliphatic heterocycles. The van der Waals surface area contributed by atoms with Crippen molar-refractivity contribution in [3.05, 3.63) is 45.3 Å². The van der Waals surface area contributed by atoms with E-state index in [0.29, 0.717) is 18.0 Å². The Kier molecular flexibility index (Phi) is 5.13. The standard InChI is InChI=1S/C25H27N3O4S/c29-21(27-16-8-9-18-19(14-16)32-25(31-18)11-4-1-5-12-25)10-13-28-15-26-23-22(24(28)30)17-6-2-3-7-20(17)33-23/h8-9,14-15H,1-7,10-13H2,(H,27,29). The van der Waals surface area contributed by atoms with Crippen molar-refractivity contribution < 1.29 is 14.3 Å². The first kappa shape index (κ1) is 20.7. The van der Waals surface area contributed by atoms with E-state index in [4.69, 9.17) is 9.47 Å². The van der Waals surface area contributed by atoms with Gasteiger partial charge < -0.3 is 14.8 Å². The Labute approximate surface area is 195 Å². The number of hydrogen-bond acceptors (Lipinski definition) is 6. The third-order valence-electron chi connectivity index (χ3n) is 6.96. The second kappa shape index (κ2) is 8.17. The first-order valence-corrected chi connectivity index (χ1v) is 12.7. The van der Waals surface area contributed by atoms with Gasteiger partial charge in [0, 0.05) is 42.4 Å². The van der Waals surface area contributed by atoms with Gasteiger partial charge in [0.1, 0.15) is 4.83 Å². The molecule has 7 nitrogen and oxygen atoms in total. The van der Waals surface area contributed by atoms with Crippen molar-refractivity contribution in [1.82, 2.24) is 9.55 Å². The molecule has 2 aromatic heterocycles. The Morgan fingerprint density at radius 2 is 1.91 bits per heavy atom. The summed E-state index contributed by atoms with van der Waals surface area (Å²) >= 11 is 1.64. The minimum absolute atomic E-state index is 0.0342. The van der Waals surface area contributed by atoms with E-state index in [9.17, 15) is 9.59 Å². The van der Waals surface area contributed by atoms with Gasteiger partial charge in [0.05, 0.1) is 11.7 Å². The molecule has 0 unspecified atom stereocenters. The van der Waals surface area contributed by atoms with Gasteiger partial charge in [0.25, 0.3) is 11.3 Å². The van der Waals surface area contributed by atoms with Gasteiger partial charge in [-0.3, -0.25) is 14.2 Å². The van der Waals surface area contributed by atoms with Crippen molar-refractivity contribution in [2.45, 2.75) is 76.5 Å². The van der Waals surface area contributed by atoms with Crippen LogP contribution in [0.1, 0.15) is 61.8 Å². The largest absolute Gasteiger partial charge is 0.448 e. The Bertz CT molecular complexity index is 1290. The number of nitrogens with one attached hydrogen (secondary N) is 1. The van der Waals surface area contributed by atoms with Crippen LogP contribution in [-0.4, -0.2) is 21.2 Å². The third-order valence-corrected chi connectivity index (χ3v) is 8.16. The van der Waals surface area contributed by atoms with E-state index < -0.39 is 5.79 Å². The second-order valence-corrected chi connectivity index (χ2v) is 10.4. The molecule has 6 rings (SSSR count). The molecular formula is C25H27N3O4S. The lowest BCUT2D eigenvalue weighted by molar-refractivity contribution is -0.116. The zero-order valence-corrected chi connectivity index (χ0v) is 19.3. The monoisotopic (exact) mass is 465 g/mol. The molecule has 8 heteroatoms. The zero-order valence-electron chi connectivity index (χ0n) is 18.5. The van der Waals surface area contributed by atoms with E-state index in [0.717, 1.165) is 60.9 Å². The summed E-state index contributed by atoms with van der Waals surface area (Å²) in [6, 6.07) is 5.52. The van der Waals surface area contributed by atoms with Crippen LogP contribution in [0.25, 0.3) is 10.2 Å². The molecule has 0 bridgehead atoms. The topological polar surface area (TPSA) is 82.5 Å². The van der Waals surface area contributed by atoms with Gasteiger partial charge in [-0.1, -0.05) is 6.42 Å². The Morgan fingerprint density at radius 3 is 2.79 bits per heavy atom. The van der Waals surface area contributed by atoms with Crippen LogP contribution < -0.4 is 20.3 Å². The van der Waals surface area contributed by atoms with Crippen LogP contribution in [-0.2, 0) is 24.2 Å². The predicted molar refractivity (Wildman–Crippen MR) is 127 cm³/mol. The second-order valence-electron chi connectivity index (χ2n) is 9.27. The average molecular weight is 466 g/mol. The fraction of sp³-hybridized carbons (Fsp3) is 0.480. The van der Waals surface area contributed by atoms with Crippen molar-refractivity contribution in [3.8, 4) is 11.5 Å². The summed E-state index contributed by atoms with van der Waals surface area (Å²) in [5.41, 5.74) is 1.81. The quantitative estimate of drug-likeness (QED) is 0.599. The van der Waals surface area contributed by atoms with Gasteiger partial charge in [0.2, 0.25) is 5.91 Å². The maximum atomic E-state index is 13.1. The van der Waals surface area contributed by atoms with Crippen LogP contribution in [0.3, 0.4) is 0 Å². The number of hydrogen-bond donors (Lipinski definition) is 1. The number of aryl methyl sites for hydroxylation is 3. The molecule has 0 atom stereocenters. The highest BCUT2D eigenvalue weighted by atomic mass is 32.1. The third kappa shape index (κ3) is 3.80. The normalized spacial score (nSPS) is 18.4. The molecule has 172 valence electrons. The van der Waals surface area contributed by atoms with Crippen molar-refractivity contribution in [2.75, 3.05) is 5.32 Å². The molecular weight excluding hydrogens is 438 g/mol. The summed E-state index contributed by atoms with van der Waals surface area (Å²) in [5.74, 6) is 0.736. The SMILES string of the molecule is O=C(CCn1cnc2sc3c(c2c1=O)CCCC3)Nc1ccc2c(c1)OC1(CCCCC1)O2. The number of ether oxygens (including phenoxy) is 2. The summed E-state index contributed by atoms with van der Waals surface area (Å²) in [4.78, 5) is 32.3. The predicted octanol–water partition coefficient (Wildman–Crippen LogP) is 4.80. The molecule has 1 fully saturated rings. The molecule has 1 aromatic carbocycles. The summed E-state index contributed by atoms with van der Waals surface area (Å²) in [6.45, 7) is 0.298. The molecule has 3 aliphatic rings. The maximum absolute atomic E-state index is 13.1. The van der Waals surface area contributed by atoms with E-state index in [2.05, 4.69) is 10.3 Å². The average Bonchev–Trinajstić information content (AvgIpc) is 3.37. The van der Waals surface area contributed by atoms with E-state index >= 15 is 0 Å². The van der Waals surface area contributed by atoms with Crippen LogP contribution in [0.4, 0.5) is 5.69 Å². The highest BCUT2D eigenvalue weighted by Crippen LogP contribution is 2.46. The lowest BCUT2D eigenvalue weighted by Gasteiger charge is -2.31. The minimum atomic E-state index is -0.531. The molecule has 33 heavy (non-hydrogen) atoms. The van der Waals surface area contributed by atoms with Crippen molar-refractivity contribution in [3.63, 3.8) is 0 Å². The van der Waals surface area contributed by atoms with E-state index in [-0.39, 0.29) is 17.9 Å². The fourth-order valence-electron chi connectivity index (χ4n) is 5.25. The number of fused-ring (bicyclic) bond motifs is 4. The van der Waals surface area contributed by atoms with Crippen LogP contribution in [0.2, 0.25) is 0 Å². The van der Waals surface area contributed by atoms with Gasteiger partial charge in [-0.25, -0.2) is 4.98 Å². The molecule has 3 heterocycles. The lowest BCUT2D eigenvalue weighted by Crippen LogP contribution is -2.40. The smallest absolute Gasteiger partial charge is 0.262 e. The summed E-state index contributed by atoms with van der Waals surface area (Å²) in [5, 5.41) is 3.68. The summed E-state index contributed by atoms with van der Waals surface area (Å²) < 4.78 is 13.8. The summed E-state index contributed by atoms with van der Waals surface area (Å²) in [6.07, 6.45) is 11.2. The first-order chi connectivity index (χ1) is 16.1. The van der Waals surface area contributed by atoms with Crippen molar-refractivity contribution in [1.29, 1.82) is 0 Å². The number of anilines is 1. The van der Waals surface area contributed by atoms with Gasteiger partial charge in [0.15, 0.2) is 11.5 Å². The maximum Gasteiger partial charge on any atom is 0.262 e. The van der Waals surface area contributed by atoms with Gasteiger partial charge in [-0.2, -0.15) is 0 Å². The highest BCUT2D eigenvalue weighted by molar-refractivity contribution is 7.18. The molecule has 3 aromatic rings. The van der Waals surface area contributed by atoms with E-state index in [1.807, 2.05) is 18.2 Å². The molecule has 1 amide bonds. The van der Waals surface area contributed by atoms with Gasteiger partial charge in [-0.05, 0) is 56.2 Å². The van der Waals surface area contributed by atoms with Crippen molar-refractivity contribution >= 4 is 33.1 Å². The van der Waals surface area contributed by atoms with Crippen LogP contribution in [0, 0.1) is 0 Å². The van der Waals surface area contributed by atoms with Gasteiger partial charge >= 0.3 is 0 Å². The molecule has 1 spiro atoms. The lowest BCUT2D eigenvalue weighted by atomic mass is 9.94. The minimum Gasteiger partial charge on any atom is -0.448 e. The van der Waals surface area contributed by atoms with Gasteiger partial charge in [-0.15, -0.1) is 11.3 Å². The number of benzene rings is 1. The molecule has 2 aliphatic carbocycles. The number of rotatable bonds is 4. The molecule has 0 radical (unpaired) electrons. The van der Waals surface area contributed by atoms with Crippen molar-refractivity contribution in [2.24, 2.45) is 0 Å². The number of nitrogens with zero attached hydrogens (tertiary/aromatic N) is 2. The number of amides is 1. The number of thiophene rings is 1. The fourth-order valence-corrected chi connectivity index (χ4v) is 6.47. The molecule has 1 N–H and O–H groups in total. The number of carbonyl (C=O) groups excluding carboxylic acids is 1. The zero-order chi connectivity index (χ0) is 22.4. The van der Waals surface area contributed by atoms with Crippen LogP contribution in [0.5, 0.6) is 11.5 Å². The highest BCUT2D eigenvalue weighted by Gasteiger charge is 2.42. The van der Waals surface area contributed by atoms with E-state index in [1.165, 1.54) is 23.3 Å². The van der Waals surface area contributed by atoms with Crippen LogP contribution in [0.15, 0.2) is 29.3 Å². The Morgan fingerprint density at radius 1 is 1.09 bits per heavy atom. The number of aromatic nitrogens is 2. The molecule has 1 saturated carbocycles. The first-order valence-electron chi connectivity index (χ1n) is 11.9. The number of carbonyl (C=O) groups is 1.